The van der Waals surface area contributed by atoms with Crippen LogP contribution in [0.1, 0.15) is 20.3 Å². The second-order valence-corrected chi connectivity index (χ2v) is 5.08. The highest BCUT2D eigenvalue weighted by molar-refractivity contribution is 5.83. The summed E-state index contributed by atoms with van der Waals surface area (Å²) in [6, 6.07) is 7.20. The van der Waals surface area contributed by atoms with E-state index in [2.05, 4.69) is 5.32 Å². The van der Waals surface area contributed by atoms with E-state index in [9.17, 15) is 9.59 Å². The van der Waals surface area contributed by atoms with Crippen LogP contribution >= 0.6 is 0 Å². The van der Waals surface area contributed by atoms with Crippen molar-refractivity contribution in [2.45, 2.75) is 32.9 Å². The van der Waals surface area contributed by atoms with E-state index in [-0.39, 0.29) is 24.1 Å². The highest BCUT2D eigenvalue weighted by Crippen LogP contribution is 2.17. The maximum Gasteiger partial charge on any atom is 0.258 e. The number of rotatable bonds is 5. The number of nitrogens with one attached hydrogen (secondary N) is 1. The predicted molar refractivity (Wildman–Crippen MR) is 82.7 cm³/mol. The summed E-state index contributed by atoms with van der Waals surface area (Å²) < 4.78 is 6.56. The van der Waals surface area contributed by atoms with Gasteiger partial charge in [0.25, 0.3) is 5.56 Å². The molecule has 1 amide bonds. The summed E-state index contributed by atoms with van der Waals surface area (Å²) in [6.45, 7) is 3.97. The lowest BCUT2D eigenvalue weighted by Gasteiger charge is -2.12. The van der Waals surface area contributed by atoms with Crippen LogP contribution in [0.5, 0.6) is 5.75 Å². The highest BCUT2D eigenvalue weighted by Gasteiger charge is 2.09. The molecule has 1 aromatic heterocycles. The third kappa shape index (κ3) is 3.42. The molecule has 2 rings (SSSR count). The number of carbonyl (C=O) groups is 1. The number of amides is 1. The van der Waals surface area contributed by atoms with Crippen LogP contribution in [0.4, 0.5) is 0 Å². The lowest BCUT2D eigenvalue weighted by atomic mass is 10.1. The van der Waals surface area contributed by atoms with Crippen molar-refractivity contribution >= 4 is 16.7 Å². The minimum Gasteiger partial charge on any atom is -0.497 e. The maximum absolute atomic E-state index is 12.4. The molecule has 0 spiro atoms. The van der Waals surface area contributed by atoms with Crippen molar-refractivity contribution in [3.05, 3.63) is 40.8 Å². The number of nitrogens with zero attached hydrogens (tertiary/aromatic N) is 1. The van der Waals surface area contributed by atoms with E-state index < -0.39 is 0 Å². The Morgan fingerprint density at radius 3 is 2.81 bits per heavy atom. The zero-order valence-electron chi connectivity index (χ0n) is 12.6. The van der Waals surface area contributed by atoms with Gasteiger partial charge >= 0.3 is 0 Å². The Hall–Kier alpha value is -2.30. The minimum absolute atomic E-state index is 0.0329. The monoisotopic (exact) mass is 288 g/mol. The van der Waals surface area contributed by atoms with Crippen LogP contribution in [0.3, 0.4) is 0 Å². The summed E-state index contributed by atoms with van der Waals surface area (Å²) in [5, 5.41) is 4.23. The fraction of sp³-hybridized carbons (Fsp3) is 0.375. The summed E-state index contributed by atoms with van der Waals surface area (Å²) in [7, 11) is 1.58. The number of fused-ring (bicyclic) bond motifs is 1. The van der Waals surface area contributed by atoms with Crippen molar-refractivity contribution in [3.63, 3.8) is 0 Å². The average Bonchev–Trinajstić information content (AvgIpc) is 2.49. The topological polar surface area (TPSA) is 60.3 Å². The van der Waals surface area contributed by atoms with Crippen molar-refractivity contribution < 1.29 is 9.53 Å². The van der Waals surface area contributed by atoms with Crippen molar-refractivity contribution in [1.29, 1.82) is 0 Å². The molecular weight excluding hydrogens is 268 g/mol. The zero-order chi connectivity index (χ0) is 15.4. The van der Waals surface area contributed by atoms with Crippen molar-refractivity contribution in [2.24, 2.45) is 0 Å². The fourth-order valence-electron chi connectivity index (χ4n) is 2.09. The third-order valence-electron chi connectivity index (χ3n) is 3.52. The number of aromatic nitrogens is 1. The second-order valence-electron chi connectivity index (χ2n) is 5.08. The SMILES string of the molecule is CCC(C)NC(=O)Cn1ccc2cc(OC)ccc2c1=O. The summed E-state index contributed by atoms with van der Waals surface area (Å²) in [6.07, 6.45) is 2.50. The molecule has 5 nitrogen and oxygen atoms in total. The van der Waals surface area contributed by atoms with E-state index in [1.165, 1.54) is 4.57 Å². The second kappa shape index (κ2) is 6.43. The van der Waals surface area contributed by atoms with E-state index in [0.29, 0.717) is 11.1 Å². The summed E-state index contributed by atoms with van der Waals surface area (Å²) in [5.41, 5.74) is -0.172. The molecule has 0 aliphatic carbocycles. The Kier molecular flexibility index (Phi) is 4.62. The van der Waals surface area contributed by atoms with Gasteiger partial charge in [-0.15, -0.1) is 0 Å². The van der Waals surface area contributed by atoms with Gasteiger partial charge in [-0.1, -0.05) is 6.92 Å². The van der Waals surface area contributed by atoms with Crippen molar-refractivity contribution in [1.82, 2.24) is 9.88 Å². The first kappa shape index (κ1) is 15.1. The van der Waals surface area contributed by atoms with Gasteiger partial charge in [-0.2, -0.15) is 0 Å². The van der Waals surface area contributed by atoms with Gasteiger partial charge in [0.15, 0.2) is 0 Å². The molecule has 1 atom stereocenters. The molecule has 0 saturated heterocycles. The molecule has 0 radical (unpaired) electrons. The molecule has 21 heavy (non-hydrogen) atoms. The molecular formula is C16H20N2O3. The van der Waals surface area contributed by atoms with Gasteiger partial charge in [0.1, 0.15) is 12.3 Å². The Balaban J connectivity index is 2.28. The number of methoxy groups -OCH3 is 1. The number of carbonyl (C=O) groups excluding carboxylic acids is 1. The molecule has 1 N–H and O–H groups in total. The van der Waals surface area contributed by atoms with Gasteiger partial charge in [-0.05, 0) is 43.0 Å². The lowest BCUT2D eigenvalue weighted by Crippen LogP contribution is -2.37. The van der Waals surface area contributed by atoms with Gasteiger partial charge in [-0.3, -0.25) is 9.59 Å². The Morgan fingerprint density at radius 2 is 2.14 bits per heavy atom. The van der Waals surface area contributed by atoms with Gasteiger partial charge in [0, 0.05) is 17.6 Å². The van der Waals surface area contributed by atoms with E-state index in [1.807, 2.05) is 19.9 Å². The average molecular weight is 288 g/mol. The lowest BCUT2D eigenvalue weighted by molar-refractivity contribution is -0.122. The molecule has 0 bridgehead atoms. The van der Waals surface area contributed by atoms with Crippen LogP contribution in [0.15, 0.2) is 35.3 Å². The molecule has 0 fully saturated rings. The summed E-state index contributed by atoms with van der Waals surface area (Å²) >= 11 is 0. The Labute approximate surface area is 123 Å². The standard InChI is InChI=1S/C16H20N2O3/c1-4-11(2)17-15(19)10-18-8-7-12-9-13(21-3)5-6-14(12)16(18)20/h5-9,11H,4,10H2,1-3H3,(H,17,19). The predicted octanol–water partition coefficient (Wildman–Crippen LogP) is 1.92. The van der Waals surface area contributed by atoms with E-state index in [0.717, 1.165) is 11.8 Å². The number of benzene rings is 1. The van der Waals surface area contributed by atoms with Gasteiger partial charge < -0.3 is 14.6 Å². The van der Waals surface area contributed by atoms with E-state index in [1.54, 1.807) is 31.5 Å². The Bertz CT molecular complexity index is 706. The van der Waals surface area contributed by atoms with Crippen LogP contribution in [0.2, 0.25) is 0 Å². The number of hydrogen-bond acceptors (Lipinski definition) is 3. The number of ether oxygens (including phenoxy) is 1. The van der Waals surface area contributed by atoms with Crippen molar-refractivity contribution in [3.8, 4) is 5.75 Å². The molecule has 1 unspecified atom stereocenters. The molecule has 0 aliphatic heterocycles. The number of hydrogen-bond donors (Lipinski definition) is 1. The largest absolute Gasteiger partial charge is 0.497 e. The zero-order valence-corrected chi connectivity index (χ0v) is 12.6. The van der Waals surface area contributed by atoms with Crippen LogP contribution < -0.4 is 15.6 Å². The smallest absolute Gasteiger partial charge is 0.258 e. The van der Waals surface area contributed by atoms with E-state index in [4.69, 9.17) is 4.74 Å². The first-order valence-corrected chi connectivity index (χ1v) is 7.01. The maximum atomic E-state index is 12.4. The molecule has 2 aromatic rings. The summed E-state index contributed by atoms with van der Waals surface area (Å²) in [4.78, 5) is 24.2. The quantitative estimate of drug-likeness (QED) is 0.914. The van der Waals surface area contributed by atoms with Crippen LogP contribution in [0.25, 0.3) is 10.8 Å². The first-order chi connectivity index (χ1) is 10.0. The molecule has 0 aliphatic rings. The minimum atomic E-state index is -0.172. The molecule has 1 aromatic carbocycles. The van der Waals surface area contributed by atoms with Crippen LogP contribution in [0, 0.1) is 0 Å². The van der Waals surface area contributed by atoms with Crippen LogP contribution in [-0.4, -0.2) is 23.6 Å². The van der Waals surface area contributed by atoms with Gasteiger partial charge in [0.2, 0.25) is 5.91 Å². The fourth-order valence-corrected chi connectivity index (χ4v) is 2.09. The first-order valence-electron chi connectivity index (χ1n) is 7.01. The normalized spacial score (nSPS) is 12.1. The molecule has 5 heteroatoms. The van der Waals surface area contributed by atoms with Crippen LogP contribution in [-0.2, 0) is 11.3 Å². The van der Waals surface area contributed by atoms with Gasteiger partial charge in [-0.25, -0.2) is 0 Å². The van der Waals surface area contributed by atoms with Gasteiger partial charge in [0.05, 0.1) is 7.11 Å². The Morgan fingerprint density at radius 1 is 1.38 bits per heavy atom. The van der Waals surface area contributed by atoms with E-state index >= 15 is 0 Å². The highest BCUT2D eigenvalue weighted by atomic mass is 16.5. The molecule has 0 saturated carbocycles. The number of pyridine rings is 1. The summed E-state index contributed by atoms with van der Waals surface area (Å²) in [5.74, 6) is 0.550. The molecule has 1 heterocycles. The third-order valence-corrected chi connectivity index (χ3v) is 3.52. The van der Waals surface area contributed by atoms with Crippen molar-refractivity contribution in [2.75, 3.05) is 7.11 Å². The molecule has 112 valence electrons.